The van der Waals surface area contributed by atoms with Gasteiger partial charge in [0.2, 0.25) is 5.91 Å². The molecule has 0 spiro atoms. The summed E-state index contributed by atoms with van der Waals surface area (Å²) in [6.45, 7) is 7.89. The molecule has 1 aromatic carbocycles. The van der Waals surface area contributed by atoms with E-state index in [0.29, 0.717) is 12.0 Å². The molecule has 7 nitrogen and oxygen atoms in total. The molecule has 0 saturated heterocycles. The number of nitrogens with zero attached hydrogens (tertiary/aromatic N) is 3. The van der Waals surface area contributed by atoms with E-state index in [1.165, 1.54) is 0 Å². The molecule has 0 fully saturated rings. The molecule has 0 radical (unpaired) electrons. The van der Waals surface area contributed by atoms with Crippen LogP contribution in [0.2, 0.25) is 0 Å². The van der Waals surface area contributed by atoms with Crippen molar-refractivity contribution in [3.63, 3.8) is 0 Å². The predicted molar refractivity (Wildman–Crippen MR) is 107 cm³/mol. The Morgan fingerprint density at radius 3 is 2.46 bits per heavy atom. The van der Waals surface area contributed by atoms with Crippen LogP contribution >= 0.6 is 0 Å². The van der Waals surface area contributed by atoms with E-state index in [0.717, 1.165) is 40.3 Å². The largest absolute Gasteiger partial charge is 0.273 e. The minimum atomic E-state index is -0.335. The van der Waals surface area contributed by atoms with Gasteiger partial charge in [0.1, 0.15) is 0 Å². The molecule has 2 amide bonds. The maximum Gasteiger partial charge on any atom is 0.269 e. The second-order valence-electron chi connectivity index (χ2n) is 6.87. The number of rotatable bonds is 5. The van der Waals surface area contributed by atoms with Crippen LogP contribution in [-0.2, 0) is 17.6 Å². The van der Waals surface area contributed by atoms with Gasteiger partial charge in [-0.25, -0.2) is 9.50 Å². The van der Waals surface area contributed by atoms with Crippen LogP contribution in [0.15, 0.2) is 30.3 Å². The standard InChI is InChI=1S/C21H25N5O2/c1-5-16-6-8-17(9-7-16)21(28)24-23-20(27)11-10-18-14(3)22-19-12-13(2)25-26(19)15(18)4/h6-9,12H,5,10-11H2,1-4H3,(H,23,27)(H,24,28). The summed E-state index contributed by atoms with van der Waals surface area (Å²) in [7, 11) is 0. The summed E-state index contributed by atoms with van der Waals surface area (Å²) in [5.74, 6) is -0.590. The van der Waals surface area contributed by atoms with Gasteiger partial charge in [-0.1, -0.05) is 19.1 Å². The Balaban J connectivity index is 1.58. The van der Waals surface area contributed by atoms with Crippen molar-refractivity contribution in [1.29, 1.82) is 0 Å². The highest BCUT2D eigenvalue weighted by molar-refractivity contribution is 5.95. The molecule has 7 heteroatoms. The summed E-state index contributed by atoms with van der Waals surface area (Å²) in [4.78, 5) is 28.9. The van der Waals surface area contributed by atoms with Crippen molar-refractivity contribution in [2.45, 2.75) is 47.0 Å². The molecule has 0 saturated carbocycles. The molecule has 0 aliphatic carbocycles. The molecule has 0 bridgehead atoms. The van der Waals surface area contributed by atoms with Crippen molar-refractivity contribution in [3.05, 3.63) is 64.1 Å². The van der Waals surface area contributed by atoms with Crippen LogP contribution < -0.4 is 10.9 Å². The summed E-state index contributed by atoms with van der Waals surface area (Å²) < 4.78 is 1.80. The minimum Gasteiger partial charge on any atom is -0.273 e. The molecule has 2 heterocycles. The fraction of sp³-hybridized carbons (Fsp3) is 0.333. The zero-order chi connectivity index (χ0) is 20.3. The van der Waals surface area contributed by atoms with Crippen molar-refractivity contribution in [2.24, 2.45) is 0 Å². The van der Waals surface area contributed by atoms with Crippen LogP contribution in [0.3, 0.4) is 0 Å². The highest BCUT2D eigenvalue weighted by atomic mass is 16.2. The first-order chi connectivity index (χ1) is 13.4. The van der Waals surface area contributed by atoms with E-state index in [-0.39, 0.29) is 18.2 Å². The predicted octanol–water partition coefficient (Wildman–Crippen LogP) is 2.61. The van der Waals surface area contributed by atoms with E-state index in [2.05, 4.69) is 27.9 Å². The van der Waals surface area contributed by atoms with Gasteiger partial charge in [-0.05, 0) is 56.9 Å². The molecule has 0 unspecified atom stereocenters. The number of carbonyl (C=O) groups is 2. The Morgan fingerprint density at radius 2 is 1.79 bits per heavy atom. The van der Waals surface area contributed by atoms with Gasteiger partial charge < -0.3 is 0 Å². The molecule has 28 heavy (non-hydrogen) atoms. The van der Waals surface area contributed by atoms with E-state index in [4.69, 9.17) is 0 Å². The molecule has 2 N–H and O–H groups in total. The molecule has 0 aliphatic rings. The fourth-order valence-corrected chi connectivity index (χ4v) is 3.19. The SMILES string of the molecule is CCc1ccc(C(=O)NNC(=O)CCc2c(C)nc3cc(C)nn3c2C)cc1. The second-order valence-corrected chi connectivity index (χ2v) is 6.87. The molecule has 2 aromatic heterocycles. The molecule has 0 atom stereocenters. The molecular weight excluding hydrogens is 354 g/mol. The minimum absolute atomic E-state index is 0.240. The Hall–Kier alpha value is -3.22. The number of fused-ring (bicyclic) bond motifs is 1. The van der Waals surface area contributed by atoms with Crippen LogP contribution in [0.4, 0.5) is 0 Å². The van der Waals surface area contributed by atoms with Crippen molar-refractivity contribution < 1.29 is 9.59 Å². The molecular formula is C21H25N5O2. The first kappa shape index (κ1) is 19.5. The number of aryl methyl sites for hydroxylation is 4. The fourth-order valence-electron chi connectivity index (χ4n) is 3.19. The molecule has 0 aliphatic heterocycles. The van der Waals surface area contributed by atoms with E-state index in [1.54, 1.807) is 16.6 Å². The topological polar surface area (TPSA) is 88.4 Å². The average Bonchev–Trinajstić information content (AvgIpc) is 3.06. The first-order valence-electron chi connectivity index (χ1n) is 9.39. The van der Waals surface area contributed by atoms with Gasteiger partial charge in [0, 0.05) is 29.4 Å². The number of amides is 2. The van der Waals surface area contributed by atoms with E-state index < -0.39 is 0 Å². The molecule has 3 aromatic rings. The van der Waals surface area contributed by atoms with Crippen LogP contribution in [0.1, 0.15) is 51.9 Å². The van der Waals surface area contributed by atoms with E-state index in [1.807, 2.05) is 39.0 Å². The van der Waals surface area contributed by atoms with Gasteiger partial charge in [0.15, 0.2) is 5.65 Å². The van der Waals surface area contributed by atoms with Crippen molar-refractivity contribution >= 4 is 17.5 Å². The number of aromatic nitrogens is 3. The summed E-state index contributed by atoms with van der Waals surface area (Å²) in [5.41, 5.74) is 11.2. The summed E-state index contributed by atoms with van der Waals surface area (Å²) >= 11 is 0. The zero-order valence-electron chi connectivity index (χ0n) is 16.7. The van der Waals surface area contributed by atoms with Gasteiger partial charge >= 0.3 is 0 Å². The van der Waals surface area contributed by atoms with E-state index in [9.17, 15) is 9.59 Å². The number of benzene rings is 1. The summed E-state index contributed by atoms with van der Waals surface area (Å²) in [5, 5.41) is 4.44. The van der Waals surface area contributed by atoms with Crippen LogP contribution in [0.25, 0.3) is 5.65 Å². The van der Waals surface area contributed by atoms with Crippen LogP contribution in [0, 0.1) is 20.8 Å². The monoisotopic (exact) mass is 379 g/mol. The van der Waals surface area contributed by atoms with Gasteiger partial charge in [0.05, 0.1) is 5.69 Å². The lowest BCUT2D eigenvalue weighted by Gasteiger charge is -2.11. The number of hydrazine groups is 1. The van der Waals surface area contributed by atoms with Gasteiger partial charge in [0.25, 0.3) is 5.91 Å². The number of hydrogen-bond donors (Lipinski definition) is 2. The smallest absolute Gasteiger partial charge is 0.269 e. The average molecular weight is 379 g/mol. The highest BCUT2D eigenvalue weighted by Gasteiger charge is 2.13. The van der Waals surface area contributed by atoms with Gasteiger partial charge in [-0.3, -0.25) is 20.4 Å². The zero-order valence-corrected chi connectivity index (χ0v) is 16.7. The lowest BCUT2D eigenvalue weighted by atomic mass is 10.1. The van der Waals surface area contributed by atoms with Gasteiger partial charge in [-0.15, -0.1) is 0 Å². The lowest BCUT2D eigenvalue weighted by Crippen LogP contribution is -2.41. The summed E-state index contributed by atoms with van der Waals surface area (Å²) in [6.07, 6.45) is 1.67. The van der Waals surface area contributed by atoms with Crippen LogP contribution in [-0.4, -0.2) is 26.4 Å². The third-order valence-electron chi connectivity index (χ3n) is 4.83. The Bertz CT molecular complexity index is 1020. The maximum absolute atomic E-state index is 12.2. The van der Waals surface area contributed by atoms with E-state index >= 15 is 0 Å². The third-order valence-corrected chi connectivity index (χ3v) is 4.83. The maximum atomic E-state index is 12.2. The number of nitrogens with one attached hydrogen (secondary N) is 2. The number of hydrogen-bond acceptors (Lipinski definition) is 4. The molecule has 3 rings (SSSR count). The van der Waals surface area contributed by atoms with Gasteiger partial charge in [-0.2, -0.15) is 5.10 Å². The van der Waals surface area contributed by atoms with Crippen LogP contribution in [0.5, 0.6) is 0 Å². The molecule has 146 valence electrons. The summed E-state index contributed by atoms with van der Waals surface area (Å²) in [6, 6.07) is 9.24. The van der Waals surface area contributed by atoms with Crippen molar-refractivity contribution in [2.75, 3.05) is 0 Å². The van der Waals surface area contributed by atoms with Crippen molar-refractivity contribution in [1.82, 2.24) is 25.4 Å². The highest BCUT2D eigenvalue weighted by Crippen LogP contribution is 2.17. The Morgan fingerprint density at radius 1 is 1.07 bits per heavy atom. The van der Waals surface area contributed by atoms with Crippen molar-refractivity contribution in [3.8, 4) is 0 Å². The first-order valence-corrected chi connectivity index (χ1v) is 9.39. The second kappa shape index (κ2) is 8.21. The Kier molecular flexibility index (Phi) is 5.73. The Labute approximate surface area is 164 Å². The quantitative estimate of drug-likeness (QED) is 0.667. The lowest BCUT2D eigenvalue weighted by molar-refractivity contribution is -0.121. The normalized spacial score (nSPS) is 10.9. The number of carbonyl (C=O) groups excluding carboxylic acids is 2. The third kappa shape index (κ3) is 4.19.